The number of fused-ring (bicyclic) bond motifs is 1. The SMILES string of the molecule is CNc1nc(N2CCN(c3ccccc3Cl)CC2)nc2ccccc12. The van der Waals surface area contributed by atoms with Crippen molar-refractivity contribution in [2.45, 2.75) is 0 Å². The molecule has 0 bridgehead atoms. The van der Waals surface area contributed by atoms with E-state index in [-0.39, 0.29) is 0 Å². The molecule has 1 aromatic heterocycles. The van der Waals surface area contributed by atoms with Crippen LogP contribution < -0.4 is 15.1 Å². The Kier molecular flexibility index (Phi) is 4.32. The van der Waals surface area contributed by atoms with E-state index in [9.17, 15) is 0 Å². The fraction of sp³-hybridized carbons (Fsp3) is 0.263. The van der Waals surface area contributed by atoms with Gasteiger partial charge < -0.3 is 15.1 Å². The van der Waals surface area contributed by atoms with Crippen LogP contribution in [-0.2, 0) is 0 Å². The quantitative estimate of drug-likeness (QED) is 0.778. The first-order valence-electron chi connectivity index (χ1n) is 8.45. The van der Waals surface area contributed by atoms with Crippen LogP contribution in [0.2, 0.25) is 5.02 Å². The van der Waals surface area contributed by atoms with Crippen LogP contribution in [0, 0.1) is 0 Å². The molecule has 1 saturated heterocycles. The number of nitrogens with zero attached hydrogens (tertiary/aromatic N) is 4. The number of hydrogen-bond acceptors (Lipinski definition) is 5. The number of benzene rings is 2. The standard InChI is InChI=1S/C19H20ClN5/c1-21-18-14-6-2-4-8-16(14)22-19(23-18)25-12-10-24(11-13-25)17-9-5-3-7-15(17)20/h2-9H,10-13H2,1H3,(H,21,22,23). The summed E-state index contributed by atoms with van der Waals surface area (Å²) in [7, 11) is 1.90. The number of hydrogen-bond donors (Lipinski definition) is 1. The lowest BCUT2D eigenvalue weighted by Crippen LogP contribution is -2.47. The van der Waals surface area contributed by atoms with Gasteiger partial charge in [0, 0.05) is 38.6 Å². The van der Waals surface area contributed by atoms with Crippen LogP contribution in [-0.4, -0.2) is 43.2 Å². The zero-order valence-electron chi connectivity index (χ0n) is 14.1. The second-order valence-corrected chi connectivity index (χ2v) is 6.47. The molecule has 3 aromatic rings. The third-order valence-corrected chi connectivity index (χ3v) is 4.90. The summed E-state index contributed by atoms with van der Waals surface area (Å²) in [6.45, 7) is 3.53. The van der Waals surface area contributed by atoms with Crippen LogP contribution in [0.4, 0.5) is 17.5 Å². The maximum atomic E-state index is 6.33. The molecule has 1 aliphatic heterocycles. The molecule has 4 rings (SSSR count). The Hall–Kier alpha value is -2.53. The molecule has 0 radical (unpaired) electrons. The van der Waals surface area contributed by atoms with Crippen molar-refractivity contribution in [2.75, 3.05) is 48.3 Å². The van der Waals surface area contributed by atoms with Crippen molar-refractivity contribution < 1.29 is 0 Å². The molecule has 5 nitrogen and oxygen atoms in total. The monoisotopic (exact) mass is 353 g/mol. The number of halogens is 1. The normalized spacial score (nSPS) is 14.8. The van der Waals surface area contributed by atoms with E-state index in [0.29, 0.717) is 0 Å². The first-order valence-corrected chi connectivity index (χ1v) is 8.83. The van der Waals surface area contributed by atoms with Crippen molar-refractivity contribution >= 4 is 40.0 Å². The van der Waals surface area contributed by atoms with Crippen molar-refractivity contribution in [1.29, 1.82) is 0 Å². The van der Waals surface area contributed by atoms with Gasteiger partial charge in [-0.3, -0.25) is 0 Å². The Morgan fingerprint density at radius 1 is 0.880 bits per heavy atom. The third kappa shape index (κ3) is 3.07. The van der Waals surface area contributed by atoms with E-state index in [1.165, 1.54) is 0 Å². The first-order chi connectivity index (χ1) is 12.3. The molecule has 0 amide bonds. The molecule has 0 atom stereocenters. The van der Waals surface area contributed by atoms with E-state index in [4.69, 9.17) is 21.6 Å². The molecule has 0 saturated carbocycles. The highest BCUT2D eigenvalue weighted by atomic mass is 35.5. The molecule has 0 unspecified atom stereocenters. The zero-order valence-corrected chi connectivity index (χ0v) is 14.9. The van der Waals surface area contributed by atoms with Gasteiger partial charge in [-0.15, -0.1) is 0 Å². The molecule has 1 N–H and O–H groups in total. The predicted octanol–water partition coefficient (Wildman–Crippen LogP) is 3.65. The smallest absolute Gasteiger partial charge is 0.228 e. The molecule has 2 aromatic carbocycles. The number of para-hydroxylation sites is 2. The van der Waals surface area contributed by atoms with Gasteiger partial charge in [-0.1, -0.05) is 35.9 Å². The Balaban J connectivity index is 1.57. The minimum absolute atomic E-state index is 0.779. The van der Waals surface area contributed by atoms with Crippen LogP contribution in [0.25, 0.3) is 10.9 Å². The van der Waals surface area contributed by atoms with Gasteiger partial charge in [-0.05, 0) is 24.3 Å². The topological polar surface area (TPSA) is 44.3 Å². The molecule has 0 spiro atoms. The lowest BCUT2D eigenvalue weighted by atomic mass is 10.2. The number of rotatable bonds is 3. The van der Waals surface area contributed by atoms with Crippen LogP contribution in [0.15, 0.2) is 48.5 Å². The summed E-state index contributed by atoms with van der Waals surface area (Å²) < 4.78 is 0. The fourth-order valence-electron chi connectivity index (χ4n) is 3.25. The number of aromatic nitrogens is 2. The Labute approximate surface area is 152 Å². The molecule has 128 valence electrons. The van der Waals surface area contributed by atoms with Crippen molar-refractivity contribution in [1.82, 2.24) is 9.97 Å². The lowest BCUT2D eigenvalue weighted by molar-refractivity contribution is 0.641. The minimum atomic E-state index is 0.779. The van der Waals surface area contributed by atoms with E-state index in [1.807, 2.05) is 49.5 Å². The van der Waals surface area contributed by atoms with Crippen LogP contribution >= 0.6 is 11.6 Å². The highest BCUT2D eigenvalue weighted by Crippen LogP contribution is 2.28. The van der Waals surface area contributed by atoms with Gasteiger partial charge in [-0.2, -0.15) is 4.98 Å². The summed E-state index contributed by atoms with van der Waals surface area (Å²) in [4.78, 5) is 14.0. The summed E-state index contributed by atoms with van der Waals surface area (Å²) in [6.07, 6.45) is 0. The molecule has 2 heterocycles. The van der Waals surface area contributed by atoms with Crippen molar-refractivity contribution in [2.24, 2.45) is 0 Å². The molecule has 0 aliphatic carbocycles. The minimum Gasteiger partial charge on any atom is -0.372 e. The molecular weight excluding hydrogens is 334 g/mol. The van der Waals surface area contributed by atoms with Gasteiger partial charge in [0.25, 0.3) is 0 Å². The summed E-state index contributed by atoms with van der Waals surface area (Å²) >= 11 is 6.33. The summed E-state index contributed by atoms with van der Waals surface area (Å²) in [5.74, 6) is 1.65. The second-order valence-electron chi connectivity index (χ2n) is 6.06. The predicted molar refractivity (Wildman–Crippen MR) is 105 cm³/mol. The average molecular weight is 354 g/mol. The lowest BCUT2D eigenvalue weighted by Gasteiger charge is -2.36. The van der Waals surface area contributed by atoms with Crippen LogP contribution in [0.5, 0.6) is 0 Å². The summed E-state index contributed by atoms with van der Waals surface area (Å²) in [5.41, 5.74) is 2.06. The molecular formula is C19H20ClN5. The van der Waals surface area contributed by atoms with Crippen LogP contribution in [0.3, 0.4) is 0 Å². The van der Waals surface area contributed by atoms with Gasteiger partial charge in [0.2, 0.25) is 5.95 Å². The van der Waals surface area contributed by atoms with Gasteiger partial charge in [0.1, 0.15) is 5.82 Å². The highest BCUT2D eigenvalue weighted by Gasteiger charge is 2.21. The van der Waals surface area contributed by atoms with Gasteiger partial charge in [-0.25, -0.2) is 4.98 Å². The van der Waals surface area contributed by atoms with Crippen molar-refractivity contribution in [3.05, 3.63) is 53.6 Å². The Morgan fingerprint density at radius 2 is 1.56 bits per heavy atom. The fourth-order valence-corrected chi connectivity index (χ4v) is 3.51. The Morgan fingerprint density at radius 3 is 2.32 bits per heavy atom. The zero-order chi connectivity index (χ0) is 17.2. The Bertz CT molecular complexity index is 890. The molecule has 1 aliphatic rings. The van der Waals surface area contributed by atoms with Crippen molar-refractivity contribution in [3.63, 3.8) is 0 Å². The number of nitrogens with one attached hydrogen (secondary N) is 1. The largest absolute Gasteiger partial charge is 0.372 e. The number of anilines is 3. The second kappa shape index (κ2) is 6.76. The molecule has 6 heteroatoms. The summed E-state index contributed by atoms with van der Waals surface area (Å²) in [6, 6.07) is 16.1. The van der Waals surface area contributed by atoms with Gasteiger partial charge >= 0.3 is 0 Å². The van der Waals surface area contributed by atoms with Gasteiger partial charge in [0.15, 0.2) is 0 Å². The van der Waals surface area contributed by atoms with E-state index >= 15 is 0 Å². The molecule has 25 heavy (non-hydrogen) atoms. The van der Waals surface area contributed by atoms with Crippen LogP contribution in [0.1, 0.15) is 0 Å². The first kappa shape index (κ1) is 16.0. The van der Waals surface area contributed by atoms with Gasteiger partial charge in [0.05, 0.1) is 16.2 Å². The van der Waals surface area contributed by atoms with E-state index < -0.39 is 0 Å². The maximum Gasteiger partial charge on any atom is 0.228 e. The van der Waals surface area contributed by atoms with E-state index in [1.54, 1.807) is 0 Å². The number of piperazine rings is 1. The third-order valence-electron chi connectivity index (χ3n) is 4.58. The highest BCUT2D eigenvalue weighted by molar-refractivity contribution is 6.33. The van der Waals surface area contributed by atoms with E-state index in [0.717, 1.165) is 59.6 Å². The van der Waals surface area contributed by atoms with E-state index in [2.05, 4.69) is 21.2 Å². The maximum absolute atomic E-state index is 6.33. The van der Waals surface area contributed by atoms with Crippen molar-refractivity contribution in [3.8, 4) is 0 Å². The summed E-state index contributed by atoms with van der Waals surface area (Å²) in [5, 5.41) is 5.03. The average Bonchev–Trinajstić information content (AvgIpc) is 2.67. The molecule has 1 fully saturated rings.